The van der Waals surface area contributed by atoms with E-state index in [-0.39, 0.29) is 0 Å². The molecular formula is C119H79N5S4. The number of nitrogens with zero attached hydrogens (tertiary/aromatic N) is 5. The Balaban J connectivity index is 0.000000110. The van der Waals surface area contributed by atoms with E-state index < -0.39 is 0 Å². The van der Waals surface area contributed by atoms with Gasteiger partial charge in [0.05, 0.1) is 25.2 Å². The van der Waals surface area contributed by atoms with Crippen LogP contribution in [0, 0.1) is 20.8 Å². The lowest BCUT2D eigenvalue weighted by atomic mass is 9.84. The molecule has 25 aromatic rings. The molecule has 604 valence electrons. The summed E-state index contributed by atoms with van der Waals surface area (Å²) in [5, 5.41) is 27.0. The molecule has 128 heavy (non-hydrogen) atoms. The number of hydrogen-bond acceptors (Lipinski definition) is 9. The van der Waals surface area contributed by atoms with Crippen LogP contribution in [0.15, 0.2) is 413 Å². The fourth-order valence-corrected chi connectivity index (χ4v) is 22.6. The van der Waals surface area contributed by atoms with Crippen molar-refractivity contribution in [2.24, 2.45) is 0 Å². The van der Waals surface area contributed by atoms with Crippen LogP contribution in [-0.2, 0) is 0 Å². The van der Waals surface area contributed by atoms with E-state index in [4.69, 9.17) is 19.9 Å². The molecule has 0 atom stereocenters. The standard InChI is InChI=1S/C42H26N2S2.C40H29NS.C37H24N2S/c1-4-10-27(11-5-1)16-17-31-24-36(42-44-26-38(46-42)29-14-8-3-9-15-29)34-20-18-30-19-21-35(33-23-22-32(31)40(34)39(30)33)41-43-25-37(45-41)28-12-6-2-7-13-28;1-24-9-13-27(14-10-24)34-21-26(3)30-17-18-32-35(28-15-11-25(2)12-16-28)22-36(33-20-19-31(34)38(30)39(32)33)40-41-23-37(42-40)29-7-5-4-6-8-29;1-4-10-25(11-5-1)34-24-38-37(40-34)31-21-17-26-18-22-32-33(23-19-27-16-20-30(31)35(26)36(27)32)39(28-12-6-2-7-13-28)29-14-8-3-9-15-29/h1-26H;4-23H,1-3H3;1-24H/b17-16+;;. The molecule has 0 unspecified atom stereocenters. The largest absolute Gasteiger partial charge is 0.310 e. The van der Waals surface area contributed by atoms with Crippen molar-refractivity contribution in [3.05, 3.63) is 441 Å². The first-order valence-electron chi connectivity index (χ1n) is 43.2. The topological polar surface area (TPSA) is 54.8 Å². The van der Waals surface area contributed by atoms with Crippen LogP contribution in [-0.4, -0.2) is 19.9 Å². The average Bonchev–Trinajstić information content (AvgIpc) is 1.12. The molecule has 0 saturated heterocycles. The lowest BCUT2D eigenvalue weighted by Crippen LogP contribution is -2.10. The van der Waals surface area contributed by atoms with Gasteiger partial charge in [0.2, 0.25) is 0 Å². The number of aromatic nitrogens is 4. The molecule has 5 nitrogen and oxygen atoms in total. The first-order chi connectivity index (χ1) is 63.2. The predicted octanol–water partition coefficient (Wildman–Crippen LogP) is 34.8. The van der Waals surface area contributed by atoms with Gasteiger partial charge in [0.1, 0.15) is 20.0 Å². The van der Waals surface area contributed by atoms with E-state index in [1.165, 1.54) is 211 Å². The van der Waals surface area contributed by atoms with Crippen molar-refractivity contribution in [3.63, 3.8) is 0 Å². The van der Waals surface area contributed by atoms with E-state index in [0.717, 1.165) is 37.0 Å². The minimum Gasteiger partial charge on any atom is -0.310 e. The van der Waals surface area contributed by atoms with Crippen LogP contribution in [0.25, 0.3) is 215 Å². The average molecular weight is 1710 g/mol. The molecule has 25 rings (SSSR count). The highest BCUT2D eigenvalue weighted by molar-refractivity contribution is 7.19. The number of para-hydroxylation sites is 2. The number of hydrogen-bond donors (Lipinski definition) is 0. The molecule has 0 aliphatic carbocycles. The molecule has 0 aliphatic heterocycles. The predicted molar refractivity (Wildman–Crippen MR) is 552 cm³/mol. The van der Waals surface area contributed by atoms with Crippen molar-refractivity contribution in [2.75, 3.05) is 4.90 Å². The van der Waals surface area contributed by atoms with Crippen LogP contribution in [0.5, 0.6) is 0 Å². The van der Waals surface area contributed by atoms with Crippen LogP contribution in [0.4, 0.5) is 17.1 Å². The molecule has 0 bridgehead atoms. The molecule has 0 amide bonds. The second-order valence-electron chi connectivity index (χ2n) is 32.8. The van der Waals surface area contributed by atoms with Crippen LogP contribution in [0.2, 0.25) is 0 Å². The maximum absolute atomic E-state index is 5.00. The van der Waals surface area contributed by atoms with Crippen molar-refractivity contribution in [1.82, 2.24) is 19.9 Å². The number of thiazole rings is 4. The molecule has 0 aliphatic rings. The Morgan fingerprint density at radius 2 is 0.539 bits per heavy atom. The maximum atomic E-state index is 5.00. The zero-order valence-electron chi connectivity index (χ0n) is 70.3. The van der Waals surface area contributed by atoms with E-state index in [0.29, 0.717) is 0 Å². The van der Waals surface area contributed by atoms with Gasteiger partial charge in [-0.25, -0.2) is 19.9 Å². The number of benzene rings is 21. The van der Waals surface area contributed by atoms with Crippen molar-refractivity contribution < 1.29 is 0 Å². The fraction of sp³-hybridized carbons (Fsp3) is 0.0252. The minimum atomic E-state index is 1.03. The van der Waals surface area contributed by atoms with E-state index in [9.17, 15) is 0 Å². The Morgan fingerprint density at radius 3 is 0.984 bits per heavy atom. The van der Waals surface area contributed by atoms with Crippen LogP contribution in [0.1, 0.15) is 27.8 Å². The van der Waals surface area contributed by atoms with E-state index in [2.05, 4.69) is 426 Å². The van der Waals surface area contributed by atoms with Gasteiger partial charge in [0.15, 0.2) is 0 Å². The summed E-state index contributed by atoms with van der Waals surface area (Å²) < 4.78 is 0. The molecule has 0 fully saturated rings. The lowest BCUT2D eigenvalue weighted by molar-refractivity contribution is 1.30. The van der Waals surface area contributed by atoms with E-state index in [1.54, 1.807) is 45.3 Å². The first kappa shape index (κ1) is 77.6. The van der Waals surface area contributed by atoms with Gasteiger partial charge < -0.3 is 4.90 Å². The second-order valence-corrected chi connectivity index (χ2v) is 37.0. The van der Waals surface area contributed by atoms with Gasteiger partial charge in [-0.1, -0.05) is 369 Å². The van der Waals surface area contributed by atoms with E-state index in [1.807, 2.05) is 24.8 Å². The van der Waals surface area contributed by atoms with Crippen molar-refractivity contribution in [3.8, 4) is 106 Å². The zero-order chi connectivity index (χ0) is 85.3. The first-order valence-corrected chi connectivity index (χ1v) is 46.5. The number of aryl methyl sites for hydroxylation is 3. The molecule has 21 aromatic carbocycles. The molecule has 4 aromatic heterocycles. The molecule has 0 N–H and O–H groups in total. The monoisotopic (exact) mass is 1710 g/mol. The summed E-state index contributed by atoms with van der Waals surface area (Å²) in [6.45, 7) is 6.54. The SMILES string of the molecule is C(=C\c1cc(-c2ncc(-c3ccccc3)s2)c2ccc3ccc(-c4ncc(-c5ccccc5)s4)c4ccc1c2c34)/c1ccccc1.Cc1ccc(-c2cc(C)c3ccc4c(-c5ccc(C)cc5)cc(-c5ncc(-c6ccccc6)s5)c5ccc2c3c45)cc1.c1ccc(-c2cnc(-c3ccc4ccc5c(N(c6ccccc6)c6ccccc6)ccc6ccc3c4c65)s2)cc1. The quantitative estimate of drug-likeness (QED) is 0.0756. The molecule has 0 spiro atoms. The molecule has 9 heteroatoms. The van der Waals surface area contributed by atoms with Gasteiger partial charge in [0, 0.05) is 63.8 Å². The Bertz CT molecular complexity index is 8380. The summed E-state index contributed by atoms with van der Waals surface area (Å²) >= 11 is 7.02. The van der Waals surface area contributed by atoms with Crippen LogP contribution < -0.4 is 4.90 Å². The van der Waals surface area contributed by atoms with Gasteiger partial charge >= 0.3 is 0 Å². The lowest BCUT2D eigenvalue weighted by Gasteiger charge is -2.27. The summed E-state index contributed by atoms with van der Waals surface area (Å²) in [6, 6.07) is 140. The second kappa shape index (κ2) is 33.0. The van der Waals surface area contributed by atoms with Gasteiger partial charge in [-0.3, -0.25) is 0 Å². The van der Waals surface area contributed by atoms with E-state index >= 15 is 0 Å². The Morgan fingerprint density at radius 1 is 0.227 bits per heavy atom. The minimum absolute atomic E-state index is 1.03. The van der Waals surface area contributed by atoms with Gasteiger partial charge in [-0.2, -0.15) is 0 Å². The van der Waals surface area contributed by atoms with Crippen molar-refractivity contribution >= 4 is 172 Å². The third-order valence-electron chi connectivity index (χ3n) is 25.0. The molecule has 0 saturated carbocycles. The number of anilines is 3. The third kappa shape index (κ3) is 14.2. The van der Waals surface area contributed by atoms with Crippen LogP contribution >= 0.6 is 45.3 Å². The van der Waals surface area contributed by atoms with Gasteiger partial charge in [-0.05, 0) is 216 Å². The van der Waals surface area contributed by atoms with Gasteiger partial charge in [-0.15, -0.1) is 45.3 Å². The molecular weight excluding hydrogens is 1630 g/mol. The van der Waals surface area contributed by atoms with Crippen LogP contribution in [0.3, 0.4) is 0 Å². The third-order valence-corrected chi connectivity index (χ3v) is 29.3. The normalized spacial score (nSPS) is 11.7. The summed E-state index contributed by atoms with van der Waals surface area (Å²) in [7, 11) is 0. The maximum Gasteiger partial charge on any atom is 0.124 e. The summed E-state index contributed by atoms with van der Waals surface area (Å²) in [5.41, 5.74) is 24.2. The highest BCUT2D eigenvalue weighted by Gasteiger charge is 2.26. The zero-order valence-corrected chi connectivity index (χ0v) is 73.5. The summed E-state index contributed by atoms with van der Waals surface area (Å²) in [5.74, 6) is 0. The smallest absolute Gasteiger partial charge is 0.124 e. The Kier molecular flexibility index (Phi) is 20.0. The highest BCUT2D eigenvalue weighted by Crippen LogP contribution is 2.52. The Hall–Kier alpha value is -15.2. The highest BCUT2D eigenvalue weighted by atomic mass is 32.1. The fourth-order valence-electron chi connectivity index (χ4n) is 18.8. The van der Waals surface area contributed by atoms with Gasteiger partial charge in [0.25, 0.3) is 0 Å². The van der Waals surface area contributed by atoms with Crippen molar-refractivity contribution in [1.29, 1.82) is 0 Å². The summed E-state index contributed by atoms with van der Waals surface area (Å²) in [4.78, 5) is 26.9. The van der Waals surface area contributed by atoms with Crippen molar-refractivity contribution in [2.45, 2.75) is 20.8 Å². The summed E-state index contributed by atoms with van der Waals surface area (Å²) in [6.07, 6.45) is 12.5. The Labute approximate surface area is 758 Å². The molecule has 0 radical (unpaired) electrons. The number of rotatable bonds is 15. The molecule has 4 heterocycles.